The minimum absolute atomic E-state index is 0.0801. The minimum atomic E-state index is -0.461. The molecule has 0 saturated heterocycles. The number of carbonyl (C=O) groups is 1. The zero-order valence-electron chi connectivity index (χ0n) is 11.9. The van der Waals surface area contributed by atoms with Crippen LogP contribution in [-0.4, -0.2) is 16.1 Å². The van der Waals surface area contributed by atoms with Crippen molar-refractivity contribution < 1.29 is 4.79 Å². The lowest BCUT2D eigenvalue weighted by Crippen LogP contribution is -2.20. The molecule has 1 aliphatic carbocycles. The van der Waals surface area contributed by atoms with Gasteiger partial charge in [0.2, 0.25) is 5.91 Å². The van der Waals surface area contributed by atoms with Crippen LogP contribution >= 0.6 is 34.2 Å². The molecule has 6 heteroatoms. The Bertz CT molecular complexity index is 999. The first-order chi connectivity index (χ1) is 11.1. The van der Waals surface area contributed by atoms with E-state index in [1.165, 1.54) is 0 Å². The number of aromatic nitrogens is 2. The van der Waals surface area contributed by atoms with Crippen molar-refractivity contribution in [3.8, 4) is 0 Å². The van der Waals surface area contributed by atoms with E-state index in [-0.39, 0.29) is 11.8 Å². The summed E-state index contributed by atoms with van der Waals surface area (Å²) in [6, 6.07) is 11.9. The highest BCUT2D eigenvalue weighted by Crippen LogP contribution is 2.65. The van der Waals surface area contributed by atoms with Crippen molar-refractivity contribution in [3.05, 3.63) is 56.2 Å². The molecule has 2 aromatic carbocycles. The smallest absolute Gasteiger partial charge is 0.235 e. The zero-order chi connectivity index (χ0) is 15.8. The summed E-state index contributed by atoms with van der Waals surface area (Å²) in [5.41, 5.74) is 3.55. The zero-order valence-corrected chi connectivity index (χ0v) is 14.8. The summed E-state index contributed by atoms with van der Waals surface area (Å²) >= 11 is 8.39. The number of nitrogens with zero attached hydrogens (tertiary/aromatic N) is 1. The number of hydrogen-bond acceptors (Lipinski definition) is 2. The molecule has 2 aliphatic rings. The van der Waals surface area contributed by atoms with E-state index in [9.17, 15) is 4.79 Å². The predicted octanol–water partition coefficient (Wildman–Crippen LogP) is 4.20. The molecule has 23 heavy (non-hydrogen) atoms. The summed E-state index contributed by atoms with van der Waals surface area (Å²) in [4.78, 5) is 12.6. The summed E-state index contributed by atoms with van der Waals surface area (Å²) in [5, 5.41) is 12.1. The first kappa shape index (κ1) is 13.8. The van der Waals surface area contributed by atoms with Crippen LogP contribution < -0.4 is 5.32 Å². The van der Waals surface area contributed by atoms with Crippen molar-refractivity contribution in [2.45, 2.75) is 17.8 Å². The number of amides is 1. The van der Waals surface area contributed by atoms with Crippen LogP contribution in [0.15, 0.2) is 36.4 Å². The number of rotatable bonds is 1. The van der Waals surface area contributed by atoms with Gasteiger partial charge < -0.3 is 5.32 Å². The largest absolute Gasteiger partial charge is 0.325 e. The van der Waals surface area contributed by atoms with Crippen molar-refractivity contribution >= 4 is 56.7 Å². The first-order valence-electron chi connectivity index (χ1n) is 7.34. The Labute approximate surface area is 150 Å². The third-order valence-corrected chi connectivity index (χ3v) is 6.07. The van der Waals surface area contributed by atoms with Gasteiger partial charge >= 0.3 is 0 Å². The second-order valence-electron chi connectivity index (χ2n) is 6.19. The maximum Gasteiger partial charge on any atom is 0.235 e. The molecule has 114 valence electrons. The van der Waals surface area contributed by atoms with Crippen molar-refractivity contribution in [1.29, 1.82) is 0 Å². The molecule has 0 bridgehead atoms. The van der Waals surface area contributed by atoms with Crippen LogP contribution in [-0.2, 0) is 10.2 Å². The molecular weight excluding hydrogens is 425 g/mol. The molecule has 0 radical (unpaired) electrons. The number of hydrogen-bond donors (Lipinski definition) is 2. The fourth-order valence-electron chi connectivity index (χ4n) is 3.78. The number of benzene rings is 2. The highest BCUT2D eigenvalue weighted by molar-refractivity contribution is 14.1. The SMILES string of the molecule is O=C1Nc2ccc(Cl)cc2[C@]12CC2c1ccc2c(I)[nH]nc2c1. The van der Waals surface area contributed by atoms with Crippen LogP contribution in [0.2, 0.25) is 5.02 Å². The molecule has 1 amide bonds. The Morgan fingerprint density at radius 2 is 2.13 bits per heavy atom. The number of halogens is 2. The Balaban J connectivity index is 1.62. The highest BCUT2D eigenvalue weighted by atomic mass is 127. The molecule has 1 unspecified atom stereocenters. The van der Waals surface area contributed by atoms with Crippen LogP contribution in [0.3, 0.4) is 0 Å². The van der Waals surface area contributed by atoms with Gasteiger partial charge in [0.25, 0.3) is 0 Å². The molecule has 1 aliphatic heterocycles. The molecule has 2 N–H and O–H groups in total. The third-order valence-electron chi connectivity index (χ3n) is 5.01. The van der Waals surface area contributed by atoms with Gasteiger partial charge in [-0.3, -0.25) is 9.89 Å². The lowest BCUT2D eigenvalue weighted by Gasteiger charge is -2.09. The van der Waals surface area contributed by atoms with Gasteiger partial charge in [-0.1, -0.05) is 17.7 Å². The van der Waals surface area contributed by atoms with Gasteiger partial charge in [0.05, 0.1) is 10.9 Å². The van der Waals surface area contributed by atoms with E-state index < -0.39 is 5.41 Å². The van der Waals surface area contributed by atoms with Crippen LogP contribution in [0.25, 0.3) is 10.9 Å². The maximum absolute atomic E-state index is 12.6. The van der Waals surface area contributed by atoms with Gasteiger partial charge in [-0.05, 0) is 70.5 Å². The van der Waals surface area contributed by atoms with E-state index in [1.54, 1.807) is 0 Å². The van der Waals surface area contributed by atoms with Gasteiger partial charge in [-0.15, -0.1) is 0 Å². The molecule has 2 atom stereocenters. The number of H-pyrrole nitrogens is 1. The van der Waals surface area contributed by atoms with E-state index in [0.29, 0.717) is 5.02 Å². The molecule has 2 heterocycles. The van der Waals surface area contributed by atoms with E-state index in [4.69, 9.17) is 11.6 Å². The fourth-order valence-corrected chi connectivity index (χ4v) is 4.53. The molecule has 3 aromatic rings. The van der Waals surface area contributed by atoms with E-state index in [2.05, 4.69) is 56.3 Å². The topological polar surface area (TPSA) is 57.8 Å². The number of aromatic amines is 1. The van der Waals surface area contributed by atoms with E-state index in [1.807, 2.05) is 18.2 Å². The summed E-state index contributed by atoms with van der Waals surface area (Å²) in [5.74, 6) is 0.262. The van der Waals surface area contributed by atoms with Crippen LogP contribution in [0.1, 0.15) is 23.5 Å². The first-order valence-corrected chi connectivity index (χ1v) is 8.80. The van der Waals surface area contributed by atoms with Crippen LogP contribution in [0.5, 0.6) is 0 Å². The molecular formula is C17H11ClIN3O. The monoisotopic (exact) mass is 435 g/mol. The Morgan fingerprint density at radius 1 is 1.26 bits per heavy atom. The molecule has 1 saturated carbocycles. The number of anilines is 1. The maximum atomic E-state index is 12.6. The average Bonchev–Trinajstić information content (AvgIpc) is 3.12. The normalized spacial score (nSPS) is 25.0. The van der Waals surface area contributed by atoms with E-state index >= 15 is 0 Å². The fraction of sp³-hybridized carbons (Fsp3) is 0.176. The van der Waals surface area contributed by atoms with Crippen molar-refractivity contribution in [1.82, 2.24) is 10.2 Å². The van der Waals surface area contributed by atoms with E-state index in [0.717, 1.165) is 37.8 Å². The number of carbonyl (C=O) groups excluding carboxylic acids is 1. The molecule has 5 rings (SSSR count). The number of fused-ring (bicyclic) bond motifs is 3. The quantitative estimate of drug-likeness (QED) is 0.563. The predicted molar refractivity (Wildman–Crippen MR) is 97.9 cm³/mol. The number of nitrogens with one attached hydrogen (secondary N) is 2. The minimum Gasteiger partial charge on any atom is -0.325 e. The van der Waals surface area contributed by atoms with Gasteiger partial charge in [0, 0.05) is 22.0 Å². The Morgan fingerprint density at radius 3 is 3.00 bits per heavy atom. The molecule has 4 nitrogen and oxygen atoms in total. The van der Waals surface area contributed by atoms with Gasteiger partial charge in [-0.2, -0.15) is 5.10 Å². The summed E-state index contributed by atoms with van der Waals surface area (Å²) in [6.07, 6.45) is 0.819. The second-order valence-corrected chi connectivity index (χ2v) is 7.70. The molecule has 1 fully saturated rings. The standard InChI is InChI=1S/C17H11ClIN3O/c18-9-2-4-13-11(6-9)17(16(23)20-13)7-12(17)8-1-3-10-14(5-8)21-22-15(10)19/h1-6,12H,7H2,(H,20,23)(H,21,22)/t12?,17-/m0/s1. The van der Waals surface area contributed by atoms with Gasteiger partial charge in [-0.25, -0.2) is 0 Å². The summed E-state index contributed by atoms with van der Waals surface area (Å²) < 4.78 is 1.03. The average molecular weight is 436 g/mol. The Hall–Kier alpha value is -1.60. The third kappa shape index (κ3) is 1.77. The highest BCUT2D eigenvalue weighted by Gasteiger charge is 2.65. The van der Waals surface area contributed by atoms with Crippen molar-refractivity contribution in [2.24, 2.45) is 0 Å². The summed E-state index contributed by atoms with van der Waals surface area (Å²) in [6.45, 7) is 0. The van der Waals surface area contributed by atoms with Crippen molar-refractivity contribution in [2.75, 3.05) is 5.32 Å². The summed E-state index contributed by atoms with van der Waals surface area (Å²) in [7, 11) is 0. The van der Waals surface area contributed by atoms with Gasteiger partial charge in [0.1, 0.15) is 3.70 Å². The molecule has 1 aromatic heterocycles. The van der Waals surface area contributed by atoms with Gasteiger partial charge in [0.15, 0.2) is 0 Å². The van der Waals surface area contributed by atoms with Crippen molar-refractivity contribution in [3.63, 3.8) is 0 Å². The lowest BCUT2D eigenvalue weighted by atomic mass is 9.92. The second kappa shape index (κ2) is 4.48. The van der Waals surface area contributed by atoms with Crippen LogP contribution in [0.4, 0.5) is 5.69 Å². The molecule has 1 spiro atoms. The Kier molecular flexibility index (Phi) is 2.69. The van der Waals surface area contributed by atoms with Crippen LogP contribution in [0, 0.1) is 3.70 Å². The lowest BCUT2D eigenvalue weighted by molar-refractivity contribution is -0.118.